The largest absolute Gasteiger partial charge is 0.384 e. The molecule has 0 saturated carbocycles. The van der Waals surface area contributed by atoms with E-state index in [0.29, 0.717) is 5.56 Å². The molecule has 0 spiro atoms. The smallest absolute Gasteiger partial charge is 0.252 e. The molecule has 1 amide bonds. The molecule has 0 bridgehead atoms. The molecule has 0 aromatic heterocycles. The molecule has 1 atom stereocenters. The lowest BCUT2D eigenvalue weighted by atomic mass is 10.1. The van der Waals surface area contributed by atoms with E-state index >= 15 is 0 Å². The van der Waals surface area contributed by atoms with Gasteiger partial charge in [-0.3, -0.25) is 4.79 Å². The lowest BCUT2D eigenvalue weighted by Gasteiger charge is -2.08. The first-order valence-corrected chi connectivity index (χ1v) is 5.34. The molecule has 3 heteroatoms. The average Bonchev–Trinajstić information content (AvgIpc) is 2.75. The lowest BCUT2D eigenvalue weighted by Crippen LogP contribution is -2.31. The van der Waals surface area contributed by atoms with Crippen molar-refractivity contribution in [2.24, 2.45) is 0 Å². The van der Waals surface area contributed by atoms with Gasteiger partial charge in [-0.15, -0.1) is 6.42 Å². The van der Waals surface area contributed by atoms with Gasteiger partial charge in [-0.1, -0.05) is 5.92 Å². The fourth-order valence-corrected chi connectivity index (χ4v) is 1.77. The Morgan fingerprint density at radius 2 is 2.44 bits per heavy atom. The standard InChI is InChI=1S/C13H14N2O/c1-3-9(2)15-13(16)11-4-5-12-10(8-11)6-7-14-12/h1,4-5,8-9,14H,6-7H2,2H3,(H,15,16). The van der Waals surface area contributed by atoms with E-state index in [0.717, 1.165) is 18.7 Å². The molecule has 1 aromatic rings. The van der Waals surface area contributed by atoms with Gasteiger partial charge in [-0.2, -0.15) is 0 Å². The molecule has 1 unspecified atom stereocenters. The molecule has 16 heavy (non-hydrogen) atoms. The summed E-state index contributed by atoms with van der Waals surface area (Å²) in [5, 5.41) is 6.00. The van der Waals surface area contributed by atoms with Crippen LogP contribution in [0.3, 0.4) is 0 Å². The van der Waals surface area contributed by atoms with Crippen molar-refractivity contribution in [2.45, 2.75) is 19.4 Å². The molecule has 82 valence electrons. The molecule has 1 aliphatic heterocycles. The summed E-state index contributed by atoms with van der Waals surface area (Å²) in [5.74, 6) is 2.36. The number of benzene rings is 1. The highest BCUT2D eigenvalue weighted by molar-refractivity contribution is 5.95. The first-order chi connectivity index (χ1) is 7.70. The zero-order valence-electron chi connectivity index (χ0n) is 9.21. The van der Waals surface area contributed by atoms with Gasteiger partial charge < -0.3 is 10.6 Å². The van der Waals surface area contributed by atoms with E-state index in [1.165, 1.54) is 5.56 Å². The van der Waals surface area contributed by atoms with E-state index in [4.69, 9.17) is 6.42 Å². The fourth-order valence-electron chi connectivity index (χ4n) is 1.77. The highest BCUT2D eigenvalue weighted by atomic mass is 16.1. The van der Waals surface area contributed by atoms with Gasteiger partial charge in [0.15, 0.2) is 0 Å². The van der Waals surface area contributed by atoms with Crippen LogP contribution in [0.2, 0.25) is 0 Å². The van der Waals surface area contributed by atoms with Crippen molar-refractivity contribution in [2.75, 3.05) is 11.9 Å². The minimum absolute atomic E-state index is 0.111. The van der Waals surface area contributed by atoms with Crippen molar-refractivity contribution >= 4 is 11.6 Å². The lowest BCUT2D eigenvalue weighted by molar-refractivity contribution is 0.0948. The Bertz CT molecular complexity index is 459. The zero-order valence-corrected chi connectivity index (χ0v) is 9.21. The number of hydrogen-bond donors (Lipinski definition) is 2. The predicted octanol–water partition coefficient (Wildman–Crippen LogP) is 1.41. The van der Waals surface area contributed by atoms with Crippen LogP contribution >= 0.6 is 0 Å². The van der Waals surface area contributed by atoms with Crippen LogP contribution in [-0.2, 0) is 6.42 Å². The van der Waals surface area contributed by atoms with Crippen molar-refractivity contribution in [1.29, 1.82) is 0 Å². The predicted molar refractivity (Wildman–Crippen MR) is 64.4 cm³/mol. The highest BCUT2D eigenvalue weighted by Gasteiger charge is 2.13. The summed E-state index contributed by atoms with van der Waals surface area (Å²) in [6.07, 6.45) is 6.19. The normalized spacial score (nSPS) is 14.5. The molecule has 1 heterocycles. The SMILES string of the molecule is C#CC(C)NC(=O)c1ccc2c(c1)CCN2. The Labute approximate surface area is 95.2 Å². The van der Waals surface area contributed by atoms with Crippen molar-refractivity contribution in [3.63, 3.8) is 0 Å². The maximum absolute atomic E-state index is 11.8. The number of carbonyl (C=O) groups excluding carboxylic acids is 1. The quantitative estimate of drug-likeness (QED) is 0.731. The number of amides is 1. The summed E-state index contributed by atoms with van der Waals surface area (Å²) >= 11 is 0. The first-order valence-electron chi connectivity index (χ1n) is 5.34. The van der Waals surface area contributed by atoms with Gasteiger partial charge in [0.1, 0.15) is 0 Å². The molecule has 1 aliphatic rings. The van der Waals surface area contributed by atoms with Crippen LogP contribution < -0.4 is 10.6 Å². The Hall–Kier alpha value is -1.95. The third-order valence-electron chi connectivity index (χ3n) is 2.67. The third-order valence-corrected chi connectivity index (χ3v) is 2.67. The summed E-state index contributed by atoms with van der Waals surface area (Å²) in [5.41, 5.74) is 2.99. The van der Waals surface area contributed by atoms with E-state index in [1.807, 2.05) is 18.2 Å². The summed E-state index contributed by atoms with van der Waals surface area (Å²) in [4.78, 5) is 11.8. The van der Waals surface area contributed by atoms with E-state index < -0.39 is 0 Å². The van der Waals surface area contributed by atoms with Crippen molar-refractivity contribution in [3.05, 3.63) is 29.3 Å². The van der Waals surface area contributed by atoms with Crippen LogP contribution in [0.25, 0.3) is 0 Å². The van der Waals surface area contributed by atoms with Crippen molar-refractivity contribution in [3.8, 4) is 12.3 Å². The van der Waals surface area contributed by atoms with E-state index in [2.05, 4.69) is 16.6 Å². The van der Waals surface area contributed by atoms with E-state index in [9.17, 15) is 4.79 Å². The van der Waals surface area contributed by atoms with E-state index in [-0.39, 0.29) is 11.9 Å². The van der Waals surface area contributed by atoms with E-state index in [1.54, 1.807) is 6.92 Å². The molecule has 0 fully saturated rings. The van der Waals surface area contributed by atoms with Gasteiger partial charge in [0.05, 0.1) is 6.04 Å². The number of rotatable bonds is 2. The van der Waals surface area contributed by atoms with Gasteiger partial charge in [0, 0.05) is 17.8 Å². The second kappa shape index (κ2) is 4.28. The Kier molecular flexibility index (Phi) is 2.82. The van der Waals surface area contributed by atoms with Crippen LogP contribution in [0.15, 0.2) is 18.2 Å². The van der Waals surface area contributed by atoms with Gasteiger partial charge in [-0.05, 0) is 37.1 Å². The van der Waals surface area contributed by atoms with Crippen LogP contribution in [0.4, 0.5) is 5.69 Å². The third kappa shape index (κ3) is 2.01. The van der Waals surface area contributed by atoms with Gasteiger partial charge >= 0.3 is 0 Å². The van der Waals surface area contributed by atoms with Crippen LogP contribution in [0.1, 0.15) is 22.8 Å². The maximum Gasteiger partial charge on any atom is 0.252 e. The first kappa shape index (κ1) is 10.6. The van der Waals surface area contributed by atoms with Crippen molar-refractivity contribution < 1.29 is 4.79 Å². The highest BCUT2D eigenvalue weighted by Crippen LogP contribution is 2.22. The van der Waals surface area contributed by atoms with Gasteiger partial charge in [0.2, 0.25) is 0 Å². The molecular formula is C13H14N2O. The van der Waals surface area contributed by atoms with Crippen LogP contribution in [0, 0.1) is 12.3 Å². The minimum Gasteiger partial charge on any atom is -0.384 e. The topological polar surface area (TPSA) is 41.1 Å². The van der Waals surface area contributed by atoms with Crippen LogP contribution in [0.5, 0.6) is 0 Å². The van der Waals surface area contributed by atoms with Crippen molar-refractivity contribution in [1.82, 2.24) is 5.32 Å². The summed E-state index contributed by atoms with van der Waals surface area (Å²) in [6, 6.07) is 5.44. The summed E-state index contributed by atoms with van der Waals surface area (Å²) in [6.45, 7) is 2.73. The van der Waals surface area contributed by atoms with Gasteiger partial charge in [0.25, 0.3) is 5.91 Å². The number of hydrogen-bond acceptors (Lipinski definition) is 2. The number of carbonyl (C=O) groups is 1. The minimum atomic E-state index is -0.237. The fraction of sp³-hybridized carbons (Fsp3) is 0.308. The van der Waals surface area contributed by atoms with Gasteiger partial charge in [-0.25, -0.2) is 0 Å². The average molecular weight is 214 g/mol. The zero-order chi connectivity index (χ0) is 11.5. The molecule has 0 aliphatic carbocycles. The maximum atomic E-state index is 11.8. The summed E-state index contributed by atoms with van der Waals surface area (Å²) < 4.78 is 0. The number of fused-ring (bicyclic) bond motifs is 1. The number of anilines is 1. The molecule has 3 nitrogen and oxygen atoms in total. The molecule has 0 radical (unpaired) electrons. The molecule has 2 N–H and O–H groups in total. The monoisotopic (exact) mass is 214 g/mol. The molecular weight excluding hydrogens is 200 g/mol. The Morgan fingerprint density at radius 3 is 3.19 bits per heavy atom. The second-order valence-corrected chi connectivity index (χ2v) is 3.91. The number of terminal acetylenes is 1. The Balaban J connectivity index is 2.16. The molecule has 2 rings (SSSR count). The van der Waals surface area contributed by atoms with Crippen LogP contribution in [-0.4, -0.2) is 18.5 Å². The molecule has 0 saturated heterocycles. The molecule has 1 aromatic carbocycles. The summed E-state index contributed by atoms with van der Waals surface area (Å²) in [7, 11) is 0. The Morgan fingerprint density at radius 1 is 1.62 bits per heavy atom. The number of nitrogens with one attached hydrogen (secondary N) is 2. The second-order valence-electron chi connectivity index (χ2n) is 3.91.